The minimum absolute atomic E-state index is 0.260. The Kier molecular flexibility index (Phi) is 4.32. The van der Waals surface area contributed by atoms with Crippen molar-refractivity contribution in [1.82, 2.24) is 15.3 Å². The van der Waals surface area contributed by atoms with E-state index in [0.29, 0.717) is 5.01 Å². The SMILES string of the molecule is COC(=O)C(C)(C)NC(=O)c1csc(-c2cccnc2)n1. The fourth-order valence-corrected chi connectivity index (χ4v) is 2.44. The minimum atomic E-state index is -1.11. The predicted octanol–water partition coefficient (Wildman–Crippen LogP) is 1.89. The van der Waals surface area contributed by atoms with Gasteiger partial charge in [-0.25, -0.2) is 9.78 Å². The number of carbonyl (C=O) groups is 2. The van der Waals surface area contributed by atoms with E-state index in [1.807, 2.05) is 6.07 Å². The van der Waals surface area contributed by atoms with Crippen LogP contribution in [-0.4, -0.2) is 34.5 Å². The summed E-state index contributed by atoms with van der Waals surface area (Å²) in [5.41, 5.74) is -0.00574. The van der Waals surface area contributed by atoms with E-state index in [9.17, 15) is 9.59 Å². The number of nitrogens with one attached hydrogen (secondary N) is 1. The molecule has 0 unspecified atom stereocenters. The van der Waals surface area contributed by atoms with Gasteiger partial charge in [-0.1, -0.05) is 0 Å². The quantitative estimate of drug-likeness (QED) is 0.872. The van der Waals surface area contributed by atoms with E-state index in [-0.39, 0.29) is 5.69 Å². The summed E-state index contributed by atoms with van der Waals surface area (Å²) in [7, 11) is 1.28. The third-order valence-electron chi connectivity index (χ3n) is 2.77. The minimum Gasteiger partial charge on any atom is -0.467 e. The zero-order valence-corrected chi connectivity index (χ0v) is 12.7. The van der Waals surface area contributed by atoms with Crippen molar-refractivity contribution >= 4 is 23.2 Å². The normalized spacial score (nSPS) is 11.0. The van der Waals surface area contributed by atoms with Gasteiger partial charge in [-0.15, -0.1) is 11.3 Å². The summed E-state index contributed by atoms with van der Waals surface area (Å²) in [5, 5.41) is 4.95. The first kappa shape index (κ1) is 15.1. The standard InChI is InChI=1S/C14H15N3O3S/c1-14(2,13(19)20-3)17-11(18)10-8-21-12(16-10)9-5-4-6-15-7-9/h4-8H,1-3H3,(H,17,18). The topological polar surface area (TPSA) is 81.2 Å². The van der Waals surface area contributed by atoms with Crippen LogP contribution in [0.4, 0.5) is 0 Å². The Bertz CT molecular complexity index is 652. The molecular formula is C14H15N3O3S. The van der Waals surface area contributed by atoms with Crippen LogP contribution in [0.15, 0.2) is 29.9 Å². The number of methoxy groups -OCH3 is 1. The number of carbonyl (C=O) groups excluding carboxylic acids is 2. The van der Waals surface area contributed by atoms with Crippen LogP contribution in [-0.2, 0) is 9.53 Å². The molecule has 0 bridgehead atoms. The van der Waals surface area contributed by atoms with Gasteiger partial charge in [-0.3, -0.25) is 9.78 Å². The molecule has 1 N–H and O–H groups in total. The zero-order valence-electron chi connectivity index (χ0n) is 11.9. The zero-order chi connectivity index (χ0) is 15.5. The maximum atomic E-state index is 12.1. The van der Waals surface area contributed by atoms with E-state index < -0.39 is 17.4 Å². The summed E-state index contributed by atoms with van der Waals surface area (Å²) < 4.78 is 4.65. The van der Waals surface area contributed by atoms with Crippen molar-refractivity contribution in [1.29, 1.82) is 0 Å². The number of aromatic nitrogens is 2. The van der Waals surface area contributed by atoms with Crippen LogP contribution in [0.1, 0.15) is 24.3 Å². The Hall–Kier alpha value is -2.28. The molecule has 0 saturated heterocycles. The molecule has 6 nitrogen and oxygen atoms in total. The summed E-state index contributed by atoms with van der Waals surface area (Å²) in [6.45, 7) is 3.15. The Balaban J connectivity index is 2.15. The van der Waals surface area contributed by atoms with Crippen molar-refractivity contribution in [2.24, 2.45) is 0 Å². The Morgan fingerprint density at radius 3 is 2.76 bits per heavy atom. The van der Waals surface area contributed by atoms with Crippen molar-refractivity contribution in [3.63, 3.8) is 0 Å². The molecule has 21 heavy (non-hydrogen) atoms. The van der Waals surface area contributed by atoms with Gasteiger partial charge in [0.15, 0.2) is 0 Å². The van der Waals surface area contributed by atoms with Crippen LogP contribution in [0.3, 0.4) is 0 Å². The molecule has 0 aliphatic carbocycles. The van der Waals surface area contributed by atoms with E-state index in [2.05, 4.69) is 20.0 Å². The first-order valence-corrected chi connectivity index (χ1v) is 7.09. The highest BCUT2D eigenvalue weighted by Crippen LogP contribution is 2.22. The molecule has 7 heteroatoms. The third kappa shape index (κ3) is 3.43. The second-order valence-corrected chi connectivity index (χ2v) is 5.71. The number of nitrogens with zero attached hydrogens (tertiary/aromatic N) is 2. The molecule has 0 aromatic carbocycles. The smallest absolute Gasteiger partial charge is 0.330 e. The van der Waals surface area contributed by atoms with Gasteiger partial charge < -0.3 is 10.1 Å². The van der Waals surface area contributed by atoms with Crippen LogP contribution in [0.5, 0.6) is 0 Å². The highest BCUT2D eigenvalue weighted by molar-refractivity contribution is 7.13. The molecule has 0 saturated carbocycles. The van der Waals surface area contributed by atoms with Crippen LogP contribution >= 0.6 is 11.3 Å². The van der Waals surface area contributed by atoms with Gasteiger partial charge in [0.1, 0.15) is 16.2 Å². The monoisotopic (exact) mass is 305 g/mol. The molecule has 0 spiro atoms. The number of pyridine rings is 1. The van der Waals surface area contributed by atoms with Gasteiger partial charge >= 0.3 is 5.97 Å². The lowest BCUT2D eigenvalue weighted by Crippen LogP contribution is -2.50. The fourth-order valence-electron chi connectivity index (χ4n) is 1.65. The number of hydrogen-bond acceptors (Lipinski definition) is 6. The van der Waals surface area contributed by atoms with Crippen molar-refractivity contribution in [3.05, 3.63) is 35.6 Å². The lowest BCUT2D eigenvalue weighted by molar-refractivity contribution is -0.146. The summed E-state index contributed by atoms with van der Waals surface area (Å²) in [6, 6.07) is 3.67. The molecule has 2 aromatic rings. The van der Waals surface area contributed by atoms with Crippen molar-refractivity contribution in [2.75, 3.05) is 7.11 Å². The molecule has 2 aromatic heterocycles. The van der Waals surface area contributed by atoms with Gasteiger partial charge in [0.2, 0.25) is 0 Å². The molecule has 2 heterocycles. The van der Waals surface area contributed by atoms with E-state index in [1.54, 1.807) is 37.7 Å². The maximum absolute atomic E-state index is 12.1. The maximum Gasteiger partial charge on any atom is 0.330 e. The van der Waals surface area contributed by atoms with Gasteiger partial charge in [-0.05, 0) is 26.0 Å². The molecule has 0 fully saturated rings. The number of hydrogen-bond donors (Lipinski definition) is 1. The Labute approximate surface area is 126 Å². The van der Waals surface area contributed by atoms with E-state index >= 15 is 0 Å². The Morgan fingerprint density at radius 2 is 2.14 bits per heavy atom. The molecule has 0 radical (unpaired) electrons. The predicted molar refractivity (Wildman–Crippen MR) is 78.9 cm³/mol. The molecule has 0 aliphatic rings. The van der Waals surface area contributed by atoms with Crippen LogP contribution in [0.25, 0.3) is 10.6 Å². The lowest BCUT2D eigenvalue weighted by atomic mass is 10.1. The van der Waals surface area contributed by atoms with E-state index in [1.165, 1.54) is 18.4 Å². The molecule has 0 atom stereocenters. The molecule has 0 aliphatic heterocycles. The van der Waals surface area contributed by atoms with Crippen LogP contribution < -0.4 is 5.32 Å². The first-order chi connectivity index (χ1) is 9.94. The fraction of sp³-hybridized carbons (Fsp3) is 0.286. The summed E-state index contributed by atoms with van der Waals surface area (Å²) in [5.74, 6) is -0.935. The van der Waals surface area contributed by atoms with E-state index in [0.717, 1.165) is 5.56 Å². The second kappa shape index (κ2) is 6.01. The highest BCUT2D eigenvalue weighted by atomic mass is 32.1. The summed E-state index contributed by atoms with van der Waals surface area (Å²) in [4.78, 5) is 32.0. The number of thiazole rings is 1. The van der Waals surface area contributed by atoms with Crippen molar-refractivity contribution < 1.29 is 14.3 Å². The summed E-state index contributed by atoms with van der Waals surface area (Å²) >= 11 is 1.34. The number of esters is 1. The highest BCUT2D eigenvalue weighted by Gasteiger charge is 2.31. The summed E-state index contributed by atoms with van der Waals surface area (Å²) in [6.07, 6.45) is 3.35. The largest absolute Gasteiger partial charge is 0.467 e. The van der Waals surface area contributed by atoms with Crippen molar-refractivity contribution in [2.45, 2.75) is 19.4 Å². The average Bonchev–Trinajstić information content (AvgIpc) is 2.96. The number of ether oxygens (including phenoxy) is 1. The Morgan fingerprint density at radius 1 is 1.38 bits per heavy atom. The first-order valence-electron chi connectivity index (χ1n) is 6.21. The number of rotatable bonds is 4. The molecular weight excluding hydrogens is 290 g/mol. The average molecular weight is 305 g/mol. The van der Waals surface area contributed by atoms with Crippen LogP contribution in [0, 0.1) is 0 Å². The van der Waals surface area contributed by atoms with Crippen LogP contribution in [0.2, 0.25) is 0 Å². The third-order valence-corrected chi connectivity index (χ3v) is 3.66. The lowest BCUT2D eigenvalue weighted by Gasteiger charge is -2.22. The van der Waals surface area contributed by atoms with Gasteiger partial charge in [0.05, 0.1) is 7.11 Å². The van der Waals surface area contributed by atoms with Gasteiger partial charge in [0.25, 0.3) is 5.91 Å². The molecule has 2 rings (SSSR count). The molecule has 1 amide bonds. The number of amides is 1. The molecule has 110 valence electrons. The van der Waals surface area contributed by atoms with Crippen molar-refractivity contribution in [3.8, 4) is 10.6 Å². The van der Waals surface area contributed by atoms with E-state index in [4.69, 9.17) is 0 Å². The van der Waals surface area contributed by atoms with Gasteiger partial charge in [0, 0.05) is 23.3 Å². The second-order valence-electron chi connectivity index (χ2n) is 4.85. The van der Waals surface area contributed by atoms with Gasteiger partial charge in [-0.2, -0.15) is 0 Å².